The molecule has 0 radical (unpaired) electrons. The lowest BCUT2D eigenvalue weighted by Gasteiger charge is -2.13. The number of nitrogens with one attached hydrogen (secondary N) is 2. The molecule has 8 heteroatoms. The highest BCUT2D eigenvalue weighted by atomic mass is 19.4. The number of rotatable bonds is 8. The van der Waals surface area contributed by atoms with E-state index in [1.54, 1.807) is 13.1 Å². The number of aromatic nitrogens is 1. The lowest BCUT2D eigenvalue weighted by molar-refractivity contribution is -0.154. The van der Waals surface area contributed by atoms with E-state index in [1.807, 2.05) is 0 Å². The minimum atomic E-state index is -4.37. The van der Waals surface area contributed by atoms with E-state index in [9.17, 15) is 13.2 Å². The molecule has 0 saturated carbocycles. The van der Waals surface area contributed by atoms with Crippen LogP contribution in [0, 0.1) is 5.92 Å². The molecule has 0 saturated heterocycles. The van der Waals surface area contributed by atoms with Gasteiger partial charge in [-0.05, 0) is 24.3 Å². The summed E-state index contributed by atoms with van der Waals surface area (Å²) < 4.78 is 40.7. The first-order valence-electron chi connectivity index (χ1n) is 7.89. The van der Waals surface area contributed by atoms with Crippen LogP contribution in [0.3, 0.4) is 0 Å². The number of guanidine groups is 1. The number of halogens is 3. The fourth-order valence-corrected chi connectivity index (χ4v) is 1.88. The fourth-order valence-electron chi connectivity index (χ4n) is 1.88. The summed E-state index contributed by atoms with van der Waals surface area (Å²) >= 11 is 0. The average molecular weight is 346 g/mol. The maximum atomic E-state index is 12.1. The Morgan fingerprint density at radius 3 is 2.58 bits per heavy atom. The Morgan fingerprint density at radius 1 is 1.29 bits per heavy atom. The van der Waals surface area contributed by atoms with Crippen molar-refractivity contribution in [3.05, 3.63) is 23.9 Å². The molecule has 24 heavy (non-hydrogen) atoms. The van der Waals surface area contributed by atoms with E-state index in [0.29, 0.717) is 18.4 Å². The number of aliphatic imine (C=N–C) groups is 1. The van der Waals surface area contributed by atoms with Crippen LogP contribution in [0.4, 0.5) is 13.2 Å². The smallest absolute Gasteiger partial charge is 0.422 e. The largest absolute Gasteiger partial charge is 0.468 e. The van der Waals surface area contributed by atoms with Gasteiger partial charge in [0.05, 0.1) is 0 Å². The lowest BCUT2D eigenvalue weighted by atomic mass is 10.1. The molecule has 0 aliphatic heterocycles. The molecule has 0 fully saturated rings. The molecule has 0 aliphatic rings. The van der Waals surface area contributed by atoms with Crippen molar-refractivity contribution in [2.75, 3.05) is 20.2 Å². The maximum Gasteiger partial charge on any atom is 0.422 e. The Labute approximate surface area is 140 Å². The Bertz CT molecular complexity index is 501. The first-order chi connectivity index (χ1) is 11.3. The molecular weight excluding hydrogens is 321 g/mol. The van der Waals surface area contributed by atoms with Crippen LogP contribution in [-0.2, 0) is 6.54 Å². The molecule has 0 unspecified atom stereocenters. The number of pyridine rings is 1. The maximum absolute atomic E-state index is 12.1. The minimum Gasteiger partial charge on any atom is -0.468 e. The quantitative estimate of drug-likeness (QED) is 0.431. The number of hydrogen-bond donors (Lipinski definition) is 2. The molecule has 136 valence electrons. The first-order valence-corrected chi connectivity index (χ1v) is 7.89. The molecule has 1 rings (SSSR count). The molecule has 0 amide bonds. The van der Waals surface area contributed by atoms with Gasteiger partial charge in [-0.15, -0.1) is 0 Å². The van der Waals surface area contributed by atoms with E-state index in [-0.39, 0.29) is 5.88 Å². The fraction of sp³-hybridized carbons (Fsp3) is 0.625. The Balaban J connectivity index is 2.35. The molecule has 2 N–H and O–H groups in total. The average Bonchev–Trinajstić information content (AvgIpc) is 2.52. The summed E-state index contributed by atoms with van der Waals surface area (Å²) in [5, 5.41) is 6.34. The van der Waals surface area contributed by atoms with Crippen molar-refractivity contribution >= 4 is 5.96 Å². The molecule has 0 atom stereocenters. The second-order valence-electron chi connectivity index (χ2n) is 5.80. The van der Waals surface area contributed by atoms with Gasteiger partial charge in [0.25, 0.3) is 0 Å². The zero-order valence-electron chi connectivity index (χ0n) is 14.3. The zero-order chi connectivity index (χ0) is 18.0. The van der Waals surface area contributed by atoms with Crippen molar-refractivity contribution in [2.24, 2.45) is 10.9 Å². The predicted octanol–water partition coefficient (Wildman–Crippen LogP) is 3.12. The molecule has 1 aromatic rings. The summed E-state index contributed by atoms with van der Waals surface area (Å²) in [5.74, 6) is 1.30. The van der Waals surface area contributed by atoms with Crippen LogP contribution in [0.5, 0.6) is 5.88 Å². The van der Waals surface area contributed by atoms with Crippen molar-refractivity contribution in [1.29, 1.82) is 0 Å². The van der Waals surface area contributed by atoms with Crippen LogP contribution >= 0.6 is 0 Å². The number of nitrogens with zero attached hydrogens (tertiary/aromatic N) is 2. The van der Waals surface area contributed by atoms with Crippen LogP contribution in [0.15, 0.2) is 23.3 Å². The second kappa shape index (κ2) is 10.00. The van der Waals surface area contributed by atoms with Gasteiger partial charge in [0.15, 0.2) is 12.6 Å². The van der Waals surface area contributed by atoms with Crippen molar-refractivity contribution in [3.8, 4) is 5.88 Å². The molecule has 0 aliphatic carbocycles. The molecule has 0 bridgehead atoms. The van der Waals surface area contributed by atoms with Crippen molar-refractivity contribution < 1.29 is 17.9 Å². The van der Waals surface area contributed by atoms with Crippen LogP contribution in [-0.4, -0.2) is 37.3 Å². The Hall–Kier alpha value is -1.99. The standard InChI is InChI=1S/C16H25F3N4O/c1-12(2)5-4-8-21-15(20-3)23-10-13-6-7-14(22-9-13)24-11-16(17,18)19/h6-7,9,12H,4-5,8,10-11H2,1-3H3,(H2,20,21,23). The minimum absolute atomic E-state index is 0.0488. The highest BCUT2D eigenvalue weighted by molar-refractivity contribution is 5.79. The van der Waals surface area contributed by atoms with Crippen LogP contribution < -0.4 is 15.4 Å². The SMILES string of the molecule is CN=C(NCCCC(C)C)NCc1ccc(OCC(F)(F)F)nc1. The third-order valence-corrected chi connectivity index (χ3v) is 3.12. The molecule has 0 aromatic carbocycles. The molecule has 0 spiro atoms. The van der Waals surface area contributed by atoms with Gasteiger partial charge in [-0.2, -0.15) is 13.2 Å². The van der Waals surface area contributed by atoms with Gasteiger partial charge >= 0.3 is 6.18 Å². The van der Waals surface area contributed by atoms with Crippen LogP contribution in [0.1, 0.15) is 32.3 Å². The summed E-state index contributed by atoms with van der Waals surface area (Å²) in [5.41, 5.74) is 0.819. The van der Waals surface area contributed by atoms with E-state index >= 15 is 0 Å². The third-order valence-electron chi connectivity index (χ3n) is 3.12. The molecular formula is C16H25F3N4O. The first kappa shape index (κ1) is 20.1. The van der Waals surface area contributed by atoms with E-state index in [1.165, 1.54) is 12.3 Å². The number of alkyl halides is 3. The number of ether oxygens (including phenoxy) is 1. The second-order valence-corrected chi connectivity index (χ2v) is 5.80. The highest BCUT2D eigenvalue weighted by Gasteiger charge is 2.28. The molecule has 5 nitrogen and oxygen atoms in total. The van der Waals surface area contributed by atoms with Crippen LogP contribution in [0.25, 0.3) is 0 Å². The van der Waals surface area contributed by atoms with Crippen molar-refractivity contribution in [2.45, 2.75) is 39.4 Å². The van der Waals surface area contributed by atoms with Gasteiger partial charge in [-0.25, -0.2) is 4.98 Å². The third kappa shape index (κ3) is 9.22. The van der Waals surface area contributed by atoms with Crippen molar-refractivity contribution in [1.82, 2.24) is 15.6 Å². The van der Waals surface area contributed by atoms with Gasteiger partial charge in [-0.1, -0.05) is 19.9 Å². The number of hydrogen-bond acceptors (Lipinski definition) is 3. The van der Waals surface area contributed by atoms with Gasteiger partial charge in [0.1, 0.15) is 0 Å². The predicted molar refractivity (Wildman–Crippen MR) is 88.1 cm³/mol. The van der Waals surface area contributed by atoms with Gasteiger partial charge in [0.2, 0.25) is 5.88 Å². The van der Waals surface area contributed by atoms with E-state index < -0.39 is 12.8 Å². The Kier molecular flexibility index (Phi) is 8.35. The van der Waals surface area contributed by atoms with Crippen LogP contribution in [0.2, 0.25) is 0 Å². The molecule has 1 aromatic heterocycles. The van der Waals surface area contributed by atoms with E-state index in [4.69, 9.17) is 0 Å². The monoisotopic (exact) mass is 346 g/mol. The van der Waals surface area contributed by atoms with Gasteiger partial charge < -0.3 is 15.4 Å². The summed E-state index contributed by atoms with van der Waals surface area (Å²) in [6, 6.07) is 3.08. The van der Waals surface area contributed by atoms with Gasteiger partial charge in [-0.3, -0.25) is 4.99 Å². The highest BCUT2D eigenvalue weighted by Crippen LogP contribution is 2.16. The summed E-state index contributed by atoms with van der Waals surface area (Å²) in [6.07, 6.45) is -0.682. The van der Waals surface area contributed by atoms with E-state index in [0.717, 1.165) is 24.9 Å². The topological polar surface area (TPSA) is 58.5 Å². The summed E-state index contributed by atoms with van der Waals surface area (Å²) in [6.45, 7) is 4.32. The van der Waals surface area contributed by atoms with E-state index in [2.05, 4.69) is 39.2 Å². The molecule has 1 heterocycles. The Morgan fingerprint density at radius 2 is 2.04 bits per heavy atom. The van der Waals surface area contributed by atoms with Gasteiger partial charge in [0, 0.05) is 32.4 Å². The summed E-state index contributed by atoms with van der Waals surface area (Å²) in [7, 11) is 1.68. The van der Waals surface area contributed by atoms with Crippen molar-refractivity contribution in [3.63, 3.8) is 0 Å². The normalized spacial score (nSPS) is 12.4. The lowest BCUT2D eigenvalue weighted by Crippen LogP contribution is -2.37. The zero-order valence-corrected chi connectivity index (χ0v) is 14.3. The summed E-state index contributed by atoms with van der Waals surface area (Å²) in [4.78, 5) is 7.98.